The van der Waals surface area contributed by atoms with Gasteiger partial charge in [-0.15, -0.1) is 0 Å². The Labute approximate surface area is 337 Å². The van der Waals surface area contributed by atoms with Gasteiger partial charge in [-0.05, 0) is 78.4 Å². The van der Waals surface area contributed by atoms with E-state index < -0.39 is 6.29 Å². The molecule has 9 heteroatoms. The van der Waals surface area contributed by atoms with Crippen LogP contribution >= 0.6 is 0 Å². The molecule has 1 heterocycles. The molecule has 0 radical (unpaired) electrons. The highest BCUT2D eigenvalue weighted by atomic mass is 16.7. The Kier molecular flexibility index (Phi) is 15.0. The summed E-state index contributed by atoms with van der Waals surface area (Å²) >= 11 is 0. The van der Waals surface area contributed by atoms with E-state index in [1.807, 2.05) is 54.6 Å². The molecule has 0 bridgehead atoms. The smallest absolute Gasteiger partial charge is 0.224 e. The second kappa shape index (κ2) is 20.7. The maximum atomic E-state index is 12.6. The van der Waals surface area contributed by atoms with Crippen molar-refractivity contribution < 1.29 is 24.2 Å². The summed E-state index contributed by atoms with van der Waals surface area (Å²) in [5.74, 6) is -0.0231. The van der Waals surface area contributed by atoms with Gasteiger partial charge >= 0.3 is 0 Å². The number of carbonyl (C=O) groups excluding carboxylic acids is 2. The number of nitrogen functional groups attached to an aromatic ring is 1. The second-order valence-electron chi connectivity index (χ2n) is 15.0. The van der Waals surface area contributed by atoms with E-state index in [-0.39, 0.29) is 36.7 Å². The topological polar surface area (TPSA) is 126 Å². The summed E-state index contributed by atoms with van der Waals surface area (Å²) in [7, 11) is 2.14. The van der Waals surface area contributed by atoms with Crippen LogP contribution in [0.2, 0.25) is 0 Å². The number of carbonyl (C=O) groups is 2. The molecular formula is C48H56N4O5. The van der Waals surface area contributed by atoms with Crippen molar-refractivity contribution in [3.8, 4) is 11.1 Å². The van der Waals surface area contributed by atoms with Crippen LogP contribution in [-0.4, -0.2) is 41.5 Å². The number of anilines is 2. The molecule has 1 saturated heterocycles. The van der Waals surface area contributed by atoms with Gasteiger partial charge in [0, 0.05) is 44.0 Å². The average molecular weight is 769 g/mol. The van der Waals surface area contributed by atoms with Gasteiger partial charge in [0.2, 0.25) is 11.8 Å². The number of aliphatic hydroxyl groups is 1. The number of nitrogens with zero attached hydrogens (tertiary/aromatic N) is 1. The summed E-state index contributed by atoms with van der Waals surface area (Å²) in [6.07, 6.45) is 4.16. The van der Waals surface area contributed by atoms with Crippen LogP contribution in [0.15, 0.2) is 127 Å². The van der Waals surface area contributed by atoms with Gasteiger partial charge in [-0.3, -0.25) is 14.5 Å². The minimum Gasteiger partial charge on any atom is -0.397 e. The molecular weight excluding hydrogens is 713 g/mol. The van der Waals surface area contributed by atoms with E-state index in [0.717, 1.165) is 65.6 Å². The highest BCUT2D eigenvalue weighted by Crippen LogP contribution is 2.39. The summed E-state index contributed by atoms with van der Waals surface area (Å²) in [6.45, 7) is 3.43. The fourth-order valence-electron chi connectivity index (χ4n) is 7.23. The van der Waals surface area contributed by atoms with Crippen LogP contribution in [0.25, 0.3) is 11.1 Å². The monoisotopic (exact) mass is 768 g/mol. The fourth-order valence-corrected chi connectivity index (χ4v) is 7.23. The number of hydrogen-bond acceptors (Lipinski definition) is 7. The van der Waals surface area contributed by atoms with E-state index in [4.69, 9.17) is 15.2 Å². The van der Waals surface area contributed by atoms with E-state index in [9.17, 15) is 14.7 Å². The molecule has 1 aliphatic heterocycles. The Bertz CT molecular complexity index is 2020. The highest BCUT2D eigenvalue weighted by Gasteiger charge is 2.33. The van der Waals surface area contributed by atoms with Crippen LogP contribution in [-0.2, 0) is 32.2 Å². The lowest BCUT2D eigenvalue weighted by molar-refractivity contribution is -0.253. The van der Waals surface area contributed by atoms with E-state index in [2.05, 4.69) is 90.2 Å². The molecule has 1 aliphatic rings. The van der Waals surface area contributed by atoms with Gasteiger partial charge in [0.15, 0.2) is 6.29 Å². The molecule has 1 fully saturated rings. The van der Waals surface area contributed by atoms with Gasteiger partial charge in [0.1, 0.15) is 0 Å². The third-order valence-electron chi connectivity index (χ3n) is 10.8. The molecule has 298 valence electrons. The number of hydrogen-bond donors (Lipinski definition) is 4. The number of rotatable bonds is 18. The minimum absolute atomic E-state index is 0.00439. The van der Waals surface area contributed by atoms with Crippen molar-refractivity contribution in [3.05, 3.63) is 155 Å². The Morgan fingerprint density at radius 3 is 2.16 bits per heavy atom. The third kappa shape index (κ3) is 12.1. The molecule has 0 spiro atoms. The minimum atomic E-state index is -0.540. The number of unbranched alkanes of at least 4 members (excludes halogenated alkanes) is 3. The summed E-state index contributed by atoms with van der Waals surface area (Å²) < 4.78 is 13.3. The molecule has 57 heavy (non-hydrogen) atoms. The maximum Gasteiger partial charge on any atom is 0.224 e. The SMILES string of the molecule is CC(c1ccccc1)N(C)CC1CC(c2ccc(CO)cc2)OC(c2ccc(-c3cccc(CNC(=O)CCCCCCC(=O)Nc4ccccc4N)c3)cc2)O1. The molecule has 0 aliphatic carbocycles. The average Bonchev–Trinajstić information content (AvgIpc) is 3.25. The lowest BCUT2D eigenvalue weighted by Gasteiger charge is -2.39. The zero-order chi connectivity index (χ0) is 40.0. The number of nitrogens with one attached hydrogen (secondary N) is 2. The summed E-state index contributed by atoms with van der Waals surface area (Å²) in [5, 5.41) is 15.5. The molecule has 0 aromatic heterocycles. The predicted octanol–water partition coefficient (Wildman–Crippen LogP) is 9.26. The molecule has 5 aromatic rings. The number of likely N-dealkylation sites (N-methyl/N-ethyl adjacent to an activating group) is 1. The van der Waals surface area contributed by atoms with Crippen LogP contribution in [0.4, 0.5) is 11.4 Å². The highest BCUT2D eigenvalue weighted by molar-refractivity contribution is 5.93. The van der Waals surface area contributed by atoms with Crippen molar-refractivity contribution in [3.63, 3.8) is 0 Å². The maximum absolute atomic E-state index is 12.6. The van der Waals surface area contributed by atoms with Crippen molar-refractivity contribution in [1.29, 1.82) is 0 Å². The summed E-state index contributed by atoms with van der Waals surface area (Å²) in [6, 6.07) is 42.5. The zero-order valence-corrected chi connectivity index (χ0v) is 33.1. The third-order valence-corrected chi connectivity index (χ3v) is 10.8. The van der Waals surface area contributed by atoms with E-state index >= 15 is 0 Å². The van der Waals surface area contributed by atoms with Crippen molar-refractivity contribution in [2.24, 2.45) is 0 Å². The fraction of sp³-hybridized carbons (Fsp3) is 0.333. The molecule has 5 aromatic carbocycles. The Morgan fingerprint density at radius 1 is 0.754 bits per heavy atom. The Hall–Kier alpha value is -5.32. The molecule has 9 nitrogen and oxygen atoms in total. The first-order valence-electron chi connectivity index (χ1n) is 20.1. The first-order valence-corrected chi connectivity index (χ1v) is 20.1. The number of amides is 2. The molecule has 6 rings (SSSR count). The lowest BCUT2D eigenvalue weighted by Crippen LogP contribution is -2.38. The van der Waals surface area contributed by atoms with E-state index in [0.29, 0.717) is 37.2 Å². The largest absolute Gasteiger partial charge is 0.397 e. The molecule has 2 amide bonds. The Balaban J connectivity index is 0.997. The van der Waals surface area contributed by atoms with Crippen LogP contribution in [0.5, 0.6) is 0 Å². The molecule has 4 unspecified atom stereocenters. The quantitative estimate of drug-likeness (QED) is 0.0517. The number of benzene rings is 5. The summed E-state index contributed by atoms with van der Waals surface area (Å²) in [4.78, 5) is 27.2. The van der Waals surface area contributed by atoms with Crippen molar-refractivity contribution in [2.75, 3.05) is 24.6 Å². The van der Waals surface area contributed by atoms with Gasteiger partial charge in [-0.2, -0.15) is 0 Å². The van der Waals surface area contributed by atoms with Crippen molar-refractivity contribution >= 4 is 23.2 Å². The second-order valence-corrected chi connectivity index (χ2v) is 15.0. The van der Waals surface area contributed by atoms with Gasteiger partial charge in [0.25, 0.3) is 0 Å². The van der Waals surface area contributed by atoms with Crippen molar-refractivity contribution in [1.82, 2.24) is 10.2 Å². The predicted molar refractivity (Wildman–Crippen MR) is 227 cm³/mol. The lowest BCUT2D eigenvalue weighted by atomic mass is 9.98. The van der Waals surface area contributed by atoms with Crippen LogP contribution in [0.1, 0.15) is 98.1 Å². The van der Waals surface area contributed by atoms with Crippen LogP contribution < -0.4 is 16.4 Å². The Morgan fingerprint density at radius 2 is 1.44 bits per heavy atom. The number of nitrogens with two attached hydrogens (primary N) is 1. The summed E-state index contributed by atoms with van der Waals surface area (Å²) in [5.41, 5.74) is 14.4. The zero-order valence-electron chi connectivity index (χ0n) is 33.1. The normalized spacial score (nSPS) is 17.2. The molecule has 0 saturated carbocycles. The van der Waals surface area contributed by atoms with Gasteiger partial charge in [-0.25, -0.2) is 0 Å². The van der Waals surface area contributed by atoms with Gasteiger partial charge < -0.3 is 30.9 Å². The van der Waals surface area contributed by atoms with E-state index in [1.54, 1.807) is 12.1 Å². The first kappa shape index (κ1) is 41.3. The number of para-hydroxylation sites is 2. The van der Waals surface area contributed by atoms with Crippen LogP contribution in [0, 0.1) is 0 Å². The van der Waals surface area contributed by atoms with E-state index in [1.165, 1.54) is 5.56 Å². The van der Waals surface area contributed by atoms with Gasteiger partial charge in [-0.1, -0.05) is 122 Å². The molecule has 4 atom stereocenters. The first-order chi connectivity index (χ1) is 27.7. The van der Waals surface area contributed by atoms with Crippen molar-refractivity contribution in [2.45, 2.75) is 89.6 Å². The number of ether oxygens (including phenoxy) is 2. The number of aliphatic hydroxyl groups excluding tert-OH is 1. The van der Waals surface area contributed by atoms with Crippen LogP contribution in [0.3, 0.4) is 0 Å². The molecule has 5 N–H and O–H groups in total. The standard InChI is InChI=1S/C48H56N4O5/c1-34(37-14-6-5-7-15-37)52(2)32-42-30-45(39-23-21-35(33-53)22-24-39)57-48(56-42)40-27-25-38(26-28-40)41-16-12-13-36(29-41)31-50-46(54)19-8-3-4-9-20-47(55)51-44-18-11-10-17-43(44)49/h5-7,10-18,21-29,34,42,45,48,53H,3-4,8-9,19-20,30-33,49H2,1-2H3,(H,50,54)(H,51,55). The van der Waals surface area contributed by atoms with Gasteiger partial charge in [0.05, 0.1) is 30.2 Å².